The molecule has 0 aliphatic rings. The van der Waals surface area contributed by atoms with Crippen molar-refractivity contribution in [2.75, 3.05) is 19.0 Å². The topological polar surface area (TPSA) is 50.4 Å². The Balaban J connectivity index is 2.67. The Morgan fingerprint density at radius 3 is 2.94 bits per heavy atom. The Bertz CT molecular complexity index is 469. The number of hydrogen-bond donors (Lipinski definition) is 2. The Labute approximate surface area is 112 Å². The molecule has 0 aliphatic carbocycles. The van der Waals surface area contributed by atoms with E-state index in [1.807, 2.05) is 0 Å². The van der Waals surface area contributed by atoms with Gasteiger partial charge in [-0.3, -0.25) is 4.79 Å². The Kier molecular flexibility index (Phi) is 5.34. The third kappa shape index (κ3) is 3.86. The van der Waals surface area contributed by atoms with Crippen molar-refractivity contribution in [1.82, 2.24) is 5.32 Å². The fourth-order valence-corrected chi connectivity index (χ4v) is 1.55. The fraction of sp³-hybridized carbons (Fsp3) is 0.308. The molecule has 1 aromatic rings. The summed E-state index contributed by atoms with van der Waals surface area (Å²) >= 11 is 5.91. The van der Waals surface area contributed by atoms with E-state index in [0.29, 0.717) is 10.8 Å². The highest BCUT2D eigenvalue weighted by atomic mass is 35.5. The summed E-state index contributed by atoms with van der Waals surface area (Å²) in [6.07, 6.45) is 5.07. The molecule has 0 saturated heterocycles. The van der Waals surface area contributed by atoms with Crippen LogP contribution in [0.25, 0.3) is 0 Å². The first-order chi connectivity index (χ1) is 8.58. The SMILES string of the molecule is C#CCNC(=O)C(C)Nc1ccc(Cl)c(OC)c1. The van der Waals surface area contributed by atoms with Crippen molar-refractivity contribution in [2.24, 2.45) is 0 Å². The Morgan fingerprint density at radius 2 is 2.33 bits per heavy atom. The third-order valence-electron chi connectivity index (χ3n) is 2.29. The minimum Gasteiger partial charge on any atom is -0.495 e. The van der Waals surface area contributed by atoms with Crippen molar-refractivity contribution >= 4 is 23.2 Å². The van der Waals surface area contributed by atoms with Gasteiger partial charge >= 0.3 is 0 Å². The number of ether oxygens (including phenoxy) is 1. The van der Waals surface area contributed by atoms with Gasteiger partial charge in [-0.2, -0.15) is 0 Å². The summed E-state index contributed by atoms with van der Waals surface area (Å²) in [5, 5.41) is 6.15. The van der Waals surface area contributed by atoms with Crippen molar-refractivity contribution in [3.05, 3.63) is 23.2 Å². The smallest absolute Gasteiger partial charge is 0.242 e. The van der Waals surface area contributed by atoms with Crippen molar-refractivity contribution in [2.45, 2.75) is 13.0 Å². The second kappa shape index (κ2) is 6.77. The van der Waals surface area contributed by atoms with Gasteiger partial charge in [0.15, 0.2) is 0 Å². The number of carbonyl (C=O) groups is 1. The van der Waals surface area contributed by atoms with E-state index in [-0.39, 0.29) is 12.5 Å². The van der Waals surface area contributed by atoms with E-state index >= 15 is 0 Å². The van der Waals surface area contributed by atoms with Gasteiger partial charge in [-0.05, 0) is 19.1 Å². The summed E-state index contributed by atoms with van der Waals surface area (Å²) in [4.78, 5) is 11.6. The fourth-order valence-electron chi connectivity index (χ4n) is 1.36. The van der Waals surface area contributed by atoms with E-state index in [1.165, 1.54) is 7.11 Å². The molecule has 18 heavy (non-hydrogen) atoms. The first-order valence-corrected chi connectivity index (χ1v) is 5.77. The molecule has 0 fully saturated rings. The minimum absolute atomic E-state index is 0.165. The van der Waals surface area contributed by atoms with Gasteiger partial charge in [-0.25, -0.2) is 0 Å². The molecule has 5 heteroatoms. The van der Waals surface area contributed by atoms with E-state index in [0.717, 1.165) is 5.69 Å². The Hall–Kier alpha value is -1.86. The van der Waals surface area contributed by atoms with E-state index in [4.69, 9.17) is 22.8 Å². The van der Waals surface area contributed by atoms with Gasteiger partial charge in [0, 0.05) is 11.8 Å². The van der Waals surface area contributed by atoms with E-state index in [9.17, 15) is 4.79 Å². The molecular formula is C13H15ClN2O2. The second-order valence-electron chi connectivity index (χ2n) is 3.64. The van der Waals surface area contributed by atoms with E-state index in [2.05, 4.69) is 16.6 Å². The highest BCUT2D eigenvalue weighted by Crippen LogP contribution is 2.27. The number of carbonyl (C=O) groups excluding carboxylic acids is 1. The third-order valence-corrected chi connectivity index (χ3v) is 2.60. The quantitative estimate of drug-likeness (QED) is 0.801. The van der Waals surface area contributed by atoms with Crippen LogP contribution in [0.5, 0.6) is 5.75 Å². The maximum Gasteiger partial charge on any atom is 0.242 e. The zero-order chi connectivity index (χ0) is 13.5. The summed E-state index contributed by atoms with van der Waals surface area (Å²) in [7, 11) is 1.54. The summed E-state index contributed by atoms with van der Waals surface area (Å²) < 4.78 is 5.09. The van der Waals surface area contributed by atoms with Gasteiger partial charge in [-0.1, -0.05) is 17.5 Å². The van der Waals surface area contributed by atoms with Crippen LogP contribution in [-0.4, -0.2) is 25.6 Å². The predicted molar refractivity (Wildman–Crippen MR) is 72.9 cm³/mol. The van der Waals surface area contributed by atoms with Crippen LogP contribution in [0.1, 0.15) is 6.92 Å². The van der Waals surface area contributed by atoms with Crippen LogP contribution in [0, 0.1) is 12.3 Å². The van der Waals surface area contributed by atoms with Crippen molar-refractivity contribution in [3.63, 3.8) is 0 Å². The van der Waals surface area contributed by atoms with Crippen LogP contribution in [0.2, 0.25) is 5.02 Å². The molecule has 1 unspecified atom stereocenters. The average Bonchev–Trinajstić information content (AvgIpc) is 2.37. The van der Waals surface area contributed by atoms with Gasteiger partial charge in [0.1, 0.15) is 11.8 Å². The minimum atomic E-state index is -0.399. The lowest BCUT2D eigenvalue weighted by molar-refractivity contribution is -0.121. The van der Waals surface area contributed by atoms with E-state index in [1.54, 1.807) is 25.1 Å². The maximum atomic E-state index is 11.6. The van der Waals surface area contributed by atoms with Crippen LogP contribution in [0.4, 0.5) is 5.69 Å². The lowest BCUT2D eigenvalue weighted by atomic mass is 10.2. The normalized spacial score (nSPS) is 11.2. The molecule has 1 rings (SSSR count). The van der Waals surface area contributed by atoms with Gasteiger partial charge in [-0.15, -0.1) is 6.42 Å². The number of anilines is 1. The number of halogens is 1. The Morgan fingerprint density at radius 1 is 1.61 bits per heavy atom. The lowest BCUT2D eigenvalue weighted by Gasteiger charge is -2.15. The number of methoxy groups -OCH3 is 1. The highest BCUT2D eigenvalue weighted by molar-refractivity contribution is 6.32. The van der Waals surface area contributed by atoms with Crippen molar-refractivity contribution in [1.29, 1.82) is 0 Å². The molecule has 0 heterocycles. The first-order valence-electron chi connectivity index (χ1n) is 5.39. The van der Waals surface area contributed by atoms with Crippen LogP contribution < -0.4 is 15.4 Å². The number of amides is 1. The monoisotopic (exact) mass is 266 g/mol. The number of nitrogens with one attached hydrogen (secondary N) is 2. The maximum absolute atomic E-state index is 11.6. The van der Waals surface area contributed by atoms with Gasteiger partial charge in [0.05, 0.1) is 18.7 Å². The summed E-state index contributed by atoms with van der Waals surface area (Å²) in [6.45, 7) is 1.96. The molecule has 0 bridgehead atoms. The molecule has 0 saturated carbocycles. The number of benzene rings is 1. The number of hydrogen-bond acceptors (Lipinski definition) is 3. The molecule has 0 radical (unpaired) electrons. The molecule has 96 valence electrons. The molecule has 4 nitrogen and oxygen atoms in total. The van der Waals surface area contributed by atoms with E-state index < -0.39 is 6.04 Å². The predicted octanol–water partition coefficient (Wildman–Crippen LogP) is 1.90. The molecule has 2 N–H and O–H groups in total. The second-order valence-corrected chi connectivity index (χ2v) is 4.04. The van der Waals surface area contributed by atoms with Crippen LogP contribution >= 0.6 is 11.6 Å². The molecule has 0 spiro atoms. The molecular weight excluding hydrogens is 252 g/mol. The van der Waals surface area contributed by atoms with Gasteiger partial charge in [0.25, 0.3) is 0 Å². The van der Waals surface area contributed by atoms with Gasteiger partial charge < -0.3 is 15.4 Å². The van der Waals surface area contributed by atoms with Crippen molar-refractivity contribution < 1.29 is 9.53 Å². The highest BCUT2D eigenvalue weighted by Gasteiger charge is 2.12. The zero-order valence-corrected chi connectivity index (χ0v) is 11.0. The number of rotatable bonds is 5. The molecule has 1 amide bonds. The zero-order valence-electron chi connectivity index (χ0n) is 10.3. The lowest BCUT2D eigenvalue weighted by Crippen LogP contribution is -2.37. The van der Waals surface area contributed by atoms with Crippen LogP contribution in [0.3, 0.4) is 0 Å². The summed E-state index contributed by atoms with van der Waals surface area (Å²) in [6, 6.07) is 4.81. The molecule has 1 atom stereocenters. The van der Waals surface area contributed by atoms with Gasteiger partial charge in [0.2, 0.25) is 5.91 Å². The summed E-state index contributed by atoms with van der Waals surface area (Å²) in [5.41, 5.74) is 0.750. The first kappa shape index (κ1) is 14.2. The van der Waals surface area contributed by atoms with Crippen molar-refractivity contribution in [3.8, 4) is 18.1 Å². The van der Waals surface area contributed by atoms with Crippen LogP contribution in [0.15, 0.2) is 18.2 Å². The number of terminal acetylenes is 1. The molecule has 0 aliphatic heterocycles. The largest absolute Gasteiger partial charge is 0.495 e. The summed E-state index contributed by atoms with van der Waals surface area (Å²) in [5.74, 6) is 2.73. The average molecular weight is 267 g/mol. The van der Waals surface area contributed by atoms with Crippen LogP contribution in [-0.2, 0) is 4.79 Å². The standard InChI is InChI=1S/C13H15ClN2O2/c1-4-7-15-13(17)9(2)16-10-5-6-11(14)12(8-10)18-3/h1,5-6,8-9,16H,7H2,2-3H3,(H,15,17). The molecule has 0 aromatic heterocycles. The molecule has 1 aromatic carbocycles.